The van der Waals surface area contributed by atoms with Gasteiger partial charge in [-0.1, -0.05) is 0 Å². The molecular weight excluding hydrogens is 224 g/mol. The van der Waals surface area contributed by atoms with Crippen molar-refractivity contribution in [1.29, 1.82) is 0 Å². The van der Waals surface area contributed by atoms with Gasteiger partial charge in [0.25, 0.3) is 0 Å². The third-order valence-corrected chi connectivity index (χ3v) is 2.79. The van der Waals surface area contributed by atoms with Crippen molar-refractivity contribution in [2.24, 2.45) is 0 Å². The van der Waals surface area contributed by atoms with E-state index >= 15 is 0 Å². The van der Waals surface area contributed by atoms with Crippen LogP contribution < -0.4 is 11.1 Å². The van der Waals surface area contributed by atoms with Gasteiger partial charge in [-0.25, -0.2) is 0 Å². The van der Waals surface area contributed by atoms with Gasteiger partial charge < -0.3 is 11.1 Å². The number of hydrogen-bond donors (Lipinski definition) is 3. The number of fused-ring (bicyclic) bond motifs is 1. The number of nitrogens with two attached hydrogens (primary N) is 1. The summed E-state index contributed by atoms with van der Waals surface area (Å²) in [5.41, 5.74) is 7.21. The molecule has 0 aliphatic rings. The van der Waals surface area contributed by atoms with Crippen molar-refractivity contribution in [3.05, 3.63) is 23.0 Å². The van der Waals surface area contributed by atoms with E-state index in [-0.39, 0.29) is 5.95 Å². The van der Waals surface area contributed by atoms with Crippen LogP contribution >= 0.6 is 11.3 Å². The molecule has 0 fully saturated rings. The summed E-state index contributed by atoms with van der Waals surface area (Å²) in [5.74, 6) is 0.879. The summed E-state index contributed by atoms with van der Waals surface area (Å²) < 4.78 is 0. The Bertz CT molecular complexity index is 614. The monoisotopic (exact) mass is 232 g/mol. The molecule has 0 amide bonds. The van der Waals surface area contributed by atoms with E-state index in [0.717, 1.165) is 11.1 Å². The van der Waals surface area contributed by atoms with Crippen molar-refractivity contribution in [1.82, 2.24) is 20.2 Å². The molecule has 0 radical (unpaired) electrons. The molecule has 3 heterocycles. The molecule has 0 aliphatic heterocycles. The molecule has 3 aromatic rings. The van der Waals surface area contributed by atoms with Gasteiger partial charge in [0.2, 0.25) is 5.95 Å². The van der Waals surface area contributed by atoms with Crippen LogP contribution in [-0.4, -0.2) is 20.2 Å². The zero-order valence-corrected chi connectivity index (χ0v) is 8.95. The molecule has 3 aromatic heterocycles. The Morgan fingerprint density at radius 1 is 1.38 bits per heavy atom. The van der Waals surface area contributed by atoms with Gasteiger partial charge in [-0.2, -0.15) is 26.4 Å². The van der Waals surface area contributed by atoms with Crippen molar-refractivity contribution in [2.45, 2.75) is 0 Å². The molecule has 0 spiro atoms. The van der Waals surface area contributed by atoms with Gasteiger partial charge in [0, 0.05) is 5.38 Å². The van der Waals surface area contributed by atoms with Gasteiger partial charge in [-0.15, -0.1) is 0 Å². The van der Waals surface area contributed by atoms with Crippen LogP contribution in [0.25, 0.3) is 11.0 Å². The fraction of sp³-hybridized carbons (Fsp3) is 0. The Morgan fingerprint density at radius 2 is 2.31 bits per heavy atom. The number of aromatic amines is 1. The molecular formula is C9H8N6S. The first kappa shape index (κ1) is 9.10. The third-order valence-electron chi connectivity index (χ3n) is 2.11. The molecule has 4 N–H and O–H groups in total. The highest BCUT2D eigenvalue weighted by atomic mass is 32.1. The van der Waals surface area contributed by atoms with Gasteiger partial charge in [-0.05, 0) is 11.4 Å². The molecule has 0 bridgehead atoms. The molecule has 80 valence electrons. The number of anilines is 3. The van der Waals surface area contributed by atoms with Crippen molar-refractivity contribution in [2.75, 3.05) is 11.1 Å². The minimum Gasteiger partial charge on any atom is -0.368 e. The second kappa shape index (κ2) is 3.46. The predicted octanol–water partition coefficient (Wildman–Crippen LogP) is 1.74. The topological polar surface area (TPSA) is 92.5 Å². The molecule has 0 aromatic carbocycles. The molecule has 6 nitrogen and oxygen atoms in total. The maximum absolute atomic E-state index is 5.61. The van der Waals surface area contributed by atoms with Crippen molar-refractivity contribution < 1.29 is 0 Å². The highest BCUT2D eigenvalue weighted by Gasteiger charge is 2.07. The van der Waals surface area contributed by atoms with E-state index < -0.39 is 0 Å². The summed E-state index contributed by atoms with van der Waals surface area (Å²) in [6.45, 7) is 0. The Hall–Kier alpha value is -2.15. The zero-order valence-electron chi connectivity index (χ0n) is 8.14. The fourth-order valence-corrected chi connectivity index (χ4v) is 2.01. The van der Waals surface area contributed by atoms with Crippen molar-refractivity contribution >= 4 is 39.8 Å². The molecule has 0 atom stereocenters. The Balaban J connectivity index is 2.11. The van der Waals surface area contributed by atoms with Gasteiger partial charge >= 0.3 is 0 Å². The first-order valence-corrected chi connectivity index (χ1v) is 5.53. The maximum Gasteiger partial charge on any atom is 0.224 e. The van der Waals surface area contributed by atoms with Crippen LogP contribution in [0.2, 0.25) is 0 Å². The first-order chi connectivity index (χ1) is 7.83. The quantitative estimate of drug-likeness (QED) is 0.625. The summed E-state index contributed by atoms with van der Waals surface area (Å²) in [6.07, 6.45) is 1.67. The minimum atomic E-state index is 0.217. The lowest BCUT2D eigenvalue weighted by Crippen LogP contribution is -2.00. The fourth-order valence-electron chi connectivity index (χ4n) is 1.42. The smallest absolute Gasteiger partial charge is 0.224 e. The second-order valence-corrected chi connectivity index (χ2v) is 3.98. The summed E-state index contributed by atoms with van der Waals surface area (Å²) in [6, 6.07) is 1.97. The van der Waals surface area contributed by atoms with Crippen LogP contribution in [0.3, 0.4) is 0 Å². The average Bonchev–Trinajstić information content (AvgIpc) is 2.87. The number of nitrogens with zero attached hydrogens (tertiary/aromatic N) is 3. The van der Waals surface area contributed by atoms with Crippen LogP contribution in [-0.2, 0) is 0 Å². The van der Waals surface area contributed by atoms with Crippen molar-refractivity contribution in [3.8, 4) is 0 Å². The SMILES string of the molecule is Nc1nc(Nc2ccsc2)c2cn[nH]c2n1. The first-order valence-electron chi connectivity index (χ1n) is 4.59. The second-order valence-electron chi connectivity index (χ2n) is 3.20. The lowest BCUT2D eigenvalue weighted by Gasteiger charge is -2.04. The van der Waals surface area contributed by atoms with Crippen LogP contribution in [0, 0.1) is 0 Å². The molecule has 0 saturated heterocycles. The Morgan fingerprint density at radius 3 is 3.12 bits per heavy atom. The van der Waals surface area contributed by atoms with Crippen LogP contribution in [0.4, 0.5) is 17.5 Å². The van der Waals surface area contributed by atoms with E-state index in [0.29, 0.717) is 11.5 Å². The molecule has 0 unspecified atom stereocenters. The lowest BCUT2D eigenvalue weighted by atomic mass is 10.4. The van der Waals surface area contributed by atoms with Gasteiger partial charge in [0.05, 0.1) is 17.3 Å². The number of thiophene rings is 1. The van der Waals surface area contributed by atoms with Crippen molar-refractivity contribution in [3.63, 3.8) is 0 Å². The molecule has 0 aliphatic carbocycles. The molecule has 16 heavy (non-hydrogen) atoms. The lowest BCUT2D eigenvalue weighted by molar-refractivity contribution is 1.09. The maximum atomic E-state index is 5.61. The van der Waals surface area contributed by atoms with E-state index in [1.54, 1.807) is 17.5 Å². The van der Waals surface area contributed by atoms with Gasteiger partial charge in [0.15, 0.2) is 5.65 Å². The van der Waals surface area contributed by atoms with Crippen LogP contribution in [0.1, 0.15) is 0 Å². The summed E-state index contributed by atoms with van der Waals surface area (Å²) >= 11 is 1.61. The molecule has 7 heteroatoms. The number of aromatic nitrogens is 4. The van der Waals surface area contributed by atoms with Crippen LogP contribution in [0.5, 0.6) is 0 Å². The average molecular weight is 232 g/mol. The predicted molar refractivity (Wildman–Crippen MR) is 63.7 cm³/mol. The molecule has 3 rings (SSSR count). The summed E-state index contributed by atoms with van der Waals surface area (Å²) in [7, 11) is 0. The number of nitrogen functional groups attached to an aromatic ring is 1. The minimum absolute atomic E-state index is 0.217. The standard InChI is InChI=1S/C9H8N6S/c10-9-13-7(12-5-1-2-16-4-5)6-3-11-15-8(6)14-9/h1-4H,(H4,10,11,12,13,14,15). The Kier molecular flexibility index (Phi) is 1.97. The molecule has 0 saturated carbocycles. The highest BCUT2D eigenvalue weighted by Crippen LogP contribution is 2.23. The van der Waals surface area contributed by atoms with E-state index in [2.05, 4.69) is 25.5 Å². The number of rotatable bonds is 2. The van der Waals surface area contributed by atoms with Gasteiger partial charge in [-0.3, -0.25) is 5.10 Å². The number of nitrogens with one attached hydrogen (secondary N) is 2. The van der Waals surface area contributed by atoms with E-state index in [1.807, 2.05) is 16.8 Å². The summed E-state index contributed by atoms with van der Waals surface area (Å²) in [5, 5.41) is 14.6. The third kappa shape index (κ3) is 1.47. The zero-order chi connectivity index (χ0) is 11.0. The number of H-pyrrole nitrogens is 1. The van der Waals surface area contributed by atoms with E-state index in [4.69, 9.17) is 5.73 Å². The Labute approximate surface area is 94.5 Å². The largest absolute Gasteiger partial charge is 0.368 e. The normalized spacial score (nSPS) is 10.8. The van der Waals surface area contributed by atoms with Gasteiger partial charge in [0.1, 0.15) is 5.82 Å². The van der Waals surface area contributed by atoms with E-state index in [1.165, 1.54) is 0 Å². The number of hydrogen-bond acceptors (Lipinski definition) is 6. The van der Waals surface area contributed by atoms with E-state index in [9.17, 15) is 0 Å². The highest BCUT2D eigenvalue weighted by molar-refractivity contribution is 7.08. The summed E-state index contributed by atoms with van der Waals surface area (Å²) in [4.78, 5) is 8.19. The van der Waals surface area contributed by atoms with Crippen LogP contribution in [0.15, 0.2) is 23.0 Å².